The zero-order chi connectivity index (χ0) is 23.1. The van der Waals surface area contributed by atoms with Gasteiger partial charge in [0, 0.05) is 23.7 Å². The Bertz CT molecular complexity index is 1140. The van der Waals surface area contributed by atoms with Gasteiger partial charge in [-0.25, -0.2) is 8.42 Å². The summed E-state index contributed by atoms with van der Waals surface area (Å²) in [6.45, 7) is 1.13. The van der Waals surface area contributed by atoms with Crippen LogP contribution in [0.2, 0.25) is 0 Å². The summed E-state index contributed by atoms with van der Waals surface area (Å²) in [5, 5.41) is 2.52. The number of carbonyl (C=O) groups excluding carboxylic acids is 1. The van der Waals surface area contributed by atoms with Crippen LogP contribution in [0.25, 0.3) is 0 Å². The maximum atomic E-state index is 13.2. The van der Waals surface area contributed by atoms with Crippen LogP contribution in [-0.2, 0) is 14.8 Å². The molecule has 0 saturated carbocycles. The average molecular weight is 481 g/mol. The van der Waals surface area contributed by atoms with Crippen molar-refractivity contribution >= 4 is 33.4 Å². The summed E-state index contributed by atoms with van der Waals surface area (Å²) in [7, 11) is -3.51. The molecule has 1 N–H and O–H groups in total. The van der Waals surface area contributed by atoms with E-state index in [9.17, 15) is 13.2 Å². The van der Waals surface area contributed by atoms with Crippen molar-refractivity contribution in [2.24, 2.45) is 0 Å². The van der Waals surface area contributed by atoms with E-state index in [1.165, 1.54) is 11.8 Å². The third kappa shape index (κ3) is 6.05. The third-order valence-electron chi connectivity index (χ3n) is 5.66. The fraction of sp³-hybridized carbons (Fsp3) is 0.269. The lowest BCUT2D eigenvalue weighted by Crippen LogP contribution is -2.31. The topological polar surface area (TPSA) is 66.5 Å². The number of rotatable bonds is 7. The van der Waals surface area contributed by atoms with E-state index in [1.807, 2.05) is 60.7 Å². The van der Waals surface area contributed by atoms with Gasteiger partial charge in [0.1, 0.15) is 5.25 Å². The molecular formula is C26H28N2O3S2. The summed E-state index contributed by atoms with van der Waals surface area (Å²) in [4.78, 5) is 14.5. The second kappa shape index (κ2) is 11.0. The van der Waals surface area contributed by atoms with E-state index in [1.54, 1.807) is 28.6 Å². The first-order valence-corrected chi connectivity index (χ1v) is 13.5. The highest BCUT2D eigenvalue weighted by molar-refractivity contribution is 8.00. The first kappa shape index (κ1) is 23.5. The largest absolute Gasteiger partial charge is 0.325 e. The Kier molecular flexibility index (Phi) is 7.85. The predicted octanol–water partition coefficient (Wildman–Crippen LogP) is 5.72. The van der Waals surface area contributed by atoms with Gasteiger partial charge in [-0.3, -0.25) is 4.79 Å². The smallest absolute Gasteiger partial charge is 0.243 e. The second-order valence-electron chi connectivity index (χ2n) is 8.05. The molecule has 3 aromatic carbocycles. The molecule has 7 heteroatoms. The van der Waals surface area contributed by atoms with Gasteiger partial charge in [-0.15, -0.1) is 11.8 Å². The molecule has 5 nitrogen and oxygen atoms in total. The van der Waals surface area contributed by atoms with Crippen LogP contribution >= 0.6 is 11.8 Å². The van der Waals surface area contributed by atoms with E-state index in [2.05, 4.69) is 5.32 Å². The van der Waals surface area contributed by atoms with Crippen LogP contribution in [0.3, 0.4) is 0 Å². The van der Waals surface area contributed by atoms with E-state index < -0.39 is 15.3 Å². The van der Waals surface area contributed by atoms with Gasteiger partial charge in [0.15, 0.2) is 0 Å². The molecule has 3 aromatic rings. The zero-order valence-corrected chi connectivity index (χ0v) is 20.0. The Labute approximate surface area is 200 Å². The van der Waals surface area contributed by atoms with Crippen LogP contribution in [0.4, 0.5) is 5.69 Å². The molecule has 1 heterocycles. The van der Waals surface area contributed by atoms with Crippen molar-refractivity contribution in [1.29, 1.82) is 0 Å². The molecule has 1 fully saturated rings. The number of thioether (sulfide) groups is 1. The van der Waals surface area contributed by atoms with Crippen LogP contribution < -0.4 is 5.32 Å². The number of carbonyl (C=O) groups is 1. The zero-order valence-electron chi connectivity index (χ0n) is 18.4. The van der Waals surface area contributed by atoms with Gasteiger partial charge in [-0.2, -0.15) is 4.31 Å². The van der Waals surface area contributed by atoms with Gasteiger partial charge in [0.2, 0.25) is 15.9 Å². The van der Waals surface area contributed by atoms with Crippen molar-refractivity contribution in [3.8, 4) is 0 Å². The molecule has 1 atom stereocenters. The minimum absolute atomic E-state index is 0.154. The van der Waals surface area contributed by atoms with Crippen molar-refractivity contribution in [1.82, 2.24) is 4.31 Å². The Hall–Kier alpha value is -2.61. The van der Waals surface area contributed by atoms with Crippen LogP contribution in [0.1, 0.15) is 36.5 Å². The lowest BCUT2D eigenvalue weighted by molar-refractivity contribution is -0.115. The molecule has 0 spiro atoms. The number of nitrogens with zero attached hydrogens (tertiary/aromatic N) is 1. The second-order valence-corrected chi connectivity index (χ2v) is 11.2. The van der Waals surface area contributed by atoms with Crippen LogP contribution in [-0.4, -0.2) is 31.7 Å². The molecule has 4 rings (SSSR count). The van der Waals surface area contributed by atoms with E-state index in [4.69, 9.17) is 0 Å². The number of benzene rings is 3. The maximum absolute atomic E-state index is 13.2. The quantitative estimate of drug-likeness (QED) is 0.439. The van der Waals surface area contributed by atoms with Crippen molar-refractivity contribution in [3.63, 3.8) is 0 Å². The molecule has 0 aliphatic carbocycles. The number of hydrogen-bond acceptors (Lipinski definition) is 4. The molecule has 0 radical (unpaired) electrons. The van der Waals surface area contributed by atoms with Gasteiger partial charge >= 0.3 is 0 Å². The van der Waals surface area contributed by atoms with Crippen molar-refractivity contribution < 1.29 is 13.2 Å². The Morgan fingerprint density at radius 2 is 1.36 bits per heavy atom. The molecule has 33 heavy (non-hydrogen) atoms. The molecular weight excluding hydrogens is 452 g/mol. The van der Waals surface area contributed by atoms with Gasteiger partial charge in [-0.05, 0) is 54.8 Å². The lowest BCUT2D eigenvalue weighted by atomic mass is 10.1. The van der Waals surface area contributed by atoms with Gasteiger partial charge in [-0.1, -0.05) is 61.4 Å². The van der Waals surface area contributed by atoms with Crippen LogP contribution in [0, 0.1) is 0 Å². The summed E-state index contributed by atoms with van der Waals surface area (Å²) in [5.74, 6) is -0.154. The van der Waals surface area contributed by atoms with Gasteiger partial charge in [0.25, 0.3) is 0 Å². The lowest BCUT2D eigenvalue weighted by Gasteiger charge is -2.20. The van der Waals surface area contributed by atoms with E-state index >= 15 is 0 Å². The highest BCUT2D eigenvalue weighted by Gasteiger charge is 2.26. The number of anilines is 1. The number of amides is 1. The summed E-state index contributed by atoms with van der Waals surface area (Å²) in [6, 6.07) is 26.0. The van der Waals surface area contributed by atoms with Gasteiger partial charge < -0.3 is 5.32 Å². The number of sulfonamides is 1. The normalized spacial score (nSPS) is 16.0. The van der Waals surface area contributed by atoms with Crippen molar-refractivity contribution in [2.75, 3.05) is 18.4 Å². The minimum atomic E-state index is -3.51. The summed E-state index contributed by atoms with van der Waals surface area (Å²) in [6.07, 6.45) is 3.93. The standard InChI is InChI=1S/C26H28N2O3S2/c29-26(25(21-11-5-3-6-12-21)32-23-13-7-4-8-14-23)27-22-15-17-24(18-16-22)33(30,31)28-19-9-1-2-10-20-28/h3-8,11-18,25H,1-2,9-10,19-20H2,(H,27,29). The molecule has 0 bridgehead atoms. The first-order chi connectivity index (χ1) is 16.0. The summed E-state index contributed by atoms with van der Waals surface area (Å²) in [5.41, 5.74) is 1.48. The Morgan fingerprint density at radius 1 is 0.788 bits per heavy atom. The highest BCUT2D eigenvalue weighted by Crippen LogP contribution is 2.36. The van der Waals surface area contributed by atoms with E-state index in [-0.39, 0.29) is 10.8 Å². The van der Waals surface area contributed by atoms with E-state index in [0.29, 0.717) is 18.8 Å². The molecule has 1 unspecified atom stereocenters. The maximum Gasteiger partial charge on any atom is 0.243 e. The van der Waals surface area contributed by atoms with Crippen molar-refractivity contribution in [2.45, 2.75) is 40.7 Å². The molecule has 1 aliphatic rings. The molecule has 0 aromatic heterocycles. The SMILES string of the molecule is O=C(Nc1ccc(S(=O)(=O)N2CCCCCC2)cc1)C(Sc1ccccc1)c1ccccc1. The Morgan fingerprint density at radius 3 is 1.97 bits per heavy atom. The molecule has 1 amide bonds. The van der Waals surface area contributed by atoms with Crippen LogP contribution in [0.5, 0.6) is 0 Å². The molecule has 1 aliphatic heterocycles. The minimum Gasteiger partial charge on any atom is -0.325 e. The monoisotopic (exact) mass is 480 g/mol. The summed E-state index contributed by atoms with van der Waals surface area (Å²) >= 11 is 1.48. The third-order valence-corrected chi connectivity index (χ3v) is 8.84. The predicted molar refractivity (Wildman–Crippen MR) is 134 cm³/mol. The number of hydrogen-bond donors (Lipinski definition) is 1. The fourth-order valence-corrected chi connectivity index (χ4v) is 6.45. The molecule has 172 valence electrons. The summed E-state index contributed by atoms with van der Waals surface area (Å²) < 4.78 is 27.6. The van der Waals surface area contributed by atoms with Crippen LogP contribution in [0.15, 0.2) is 94.7 Å². The Balaban J connectivity index is 1.50. The van der Waals surface area contributed by atoms with Crippen molar-refractivity contribution in [3.05, 3.63) is 90.5 Å². The molecule has 1 saturated heterocycles. The fourth-order valence-electron chi connectivity index (χ4n) is 3.89. The first-order valence-electron chi connectivity index (χ1n) is 11.2. The van der Waals surface area contributed by atoms with E-state index in [0.717, 1.165) is 36.1 Å². The van der Waals surface area contributed by atoms with Gasteiger partial charge in [0.05, 0.1) is 4.90 Å². The average Bonchev–Trinajstić information content (AvgIpc) is 3.14. The number of nitrogens with one attached hydrogen (secondary N) is 1. The highest BCUT2D eigenvalue weighted by atomic mass is 32.2.